The molecule has 0 spiro atoms. The highest BCUT2D eigenvalue weighted by Gasteiger charge is 2.35. The number of rotatable bonds is 3. The lowest BCUT2D eigenvalue weighted by Crippen LogP contribution is -2.14. The molecule has 0 aliphatic rings. The molecule has 0 amide bonds. The van der Waals surface area contributed by atoms with Crippen LogP contribution in [0.3, 0.4) is 0 Å². The fourth-order valence-electron chi connectivity index (χ4n) is 1.70. The molecule has 1 aromatic carbocycles. The van der Waals surface area contributed by atoms with Gasteiger partial charge in [0, 0.05) is 11.1 Å². The Hall–Kier alpha value is -1.46. The first-order valence-corrected chi connectivity index (χ1v) is 5.21. The SMILES string of the molecule is CCc1cc(C(F)(F)F)c(C(C)=O)cc1C(F)F. The summed E-state index contributed by atoms with van der Waals surface area (Å²) in [6.45, 7) is 2.40. The van der Waals surface area contributed by atoms with Crippen molar-refractivity contribution in [1.82, 2.24) is 0 Å². The van der Waals surface area contributed by atoms with Crippen LogP contribution in [0.25, 0.3) is 0 Å². The topological polar surface area (TPSA) is 17.1 Å². The average molecular weight is 266 g/mol. The normalized spacial score (nSPS) is 12.0. The van der Waals surface area contributed by atoms with Crippen LogP contribution in [0.1, 0.15) is 47.3 Å². The van der Waals surface area contributed by atoms with Crippen molar-refractivity contribution in [1.29, 1.82) is 0 Å². The van der Waals surface area contributed by atoms with Crippen LogP contribution in [0.4, 0.5) is 22.0 Å². The second kappa shape index (κ2) is 5.04. The van der Waals surface area contributed by atoms with Crippen molar-refractivity contribution in [3.05, 3.63) is 34.4 Å². The Morgan fingerprint density at radius 2 is 1.83 bits per heavy atom. The van der Waals surface area contributed by atoms with Crippen molar-refractivity contribution in [2.24, 2.45) is 0 Å². The van der Waals surface area contributed by atoms with Gasteiger partial charge in [0.05, 0.1) is 5.56 Å². The predicted octanol–water partition coefficient (Wildman–Crippen LogP) is 4.41. The number of hydrogen-bond donors (Lipinski definition) is 0. The number of halogens is 5. The molecule has 0 aliphatic carbocycles. The van der Waals surface area contributed by atoms with E-state index in [0.29, 0.717) is 12.1 Å². The fraction of sp³-hybridized carbons (Fsp3) is 0.417. The lowest BCUT2D eigenvalue weighted by molar-refractivity contribution is -0.138. The summed E-state index contributed by atoms with van der Waals surface area (Å²) in [6.07, 6.45) is -7.59. The van der Waals surface area contributed by atoms with E-state index in [9.17, 15) is 26.7 Å². The largest absolute Gasteiger partial charge is 0.417 e. The third-order valence-corrected chi connectivity index (χ3v) is 2.58. The van der Waals surface area contributed by atoms with E-state index in [1.165, 1.54) is 6.92 Å². The van der Waals surface area contributed by atoms with Crippen molar-refractivity contribution in [3.8, 4) is 0 Å². The van der Waals surface area contributed by atoms with Gasteiger partial charge in [0.15, 0.2) is 5.78 Å². The standard InChI is InChI=1S/C12H11F5O/c1-3-7-4-10(12(15,16)17)8(6(2)18)5-9(7)11(13)14/h4-5,11H,3H2,1-2H3. The lowest BCUT2D eigenvalue weighted by atomic mass is 9.95. The van der Waals surface area contributed by atoms with Gasteiger partial charge in [0.2, 0.25) is 0 Å². The van der Waals surface area contributed by atoms with Crippen LogP contribution in [-0.4, -0.2) is 5.78 Å². The maximum atomic E-state index is 12.7. The average Bonchev–Trinajstić information content (AvgIpc) is 2.25. The second-order valence-electron chi connectivity index (χ2n) is 3.80. The fourth-order valence-corrected chi connectivity index (χ4v) is 1.70. The van der Waals surface area contributed by atoms with Crippen LogP contribution in [0, 0.1) is 0 Å². The number of aryl methyl sites for hydroxylation is 1. The highest BCUT2D eigenvalue weighted by atomic mass is 19.4. The number of carbonyl (C=O) groups is 1. The van der Waals surface area contributed by atoms with Crippen LogP contribution in [0.2, 0.25) is 0 Å². The van der Waals surface area contributed by atoms with Crippen LogP contribution in [-0.2, 0) is 12.6 Å². The highest BCUT2D eigenvalue weighted by Crippen LogP contribution is 2.36. The molecule has 0 N–H and O–H groups in total. The summed E-state index contributed by atoms with van der Waals surface area (Å²) >= 11 is 0. The first-order chi connectivity index (χ1) is 8.18. The Morgan fingerprint density at radius 1 is 1.28 bits per heavy atom. The zero-order valence-corrected chi connectivity index (χ0v) is 9.74. The molecule has 1 aromatic rings. The quantitative estimate of drug-likeness (QED) is 0.585. The molecule has 6 heteroatoms. The molecule has 18 heavy (non-hydrogen) atoms. The molecule has 1 rings (SSSR count). The Bertz CT molecular complexity index is 462. The third kappa shape index (κ3) is 2.86. The van der Waals surface area contributed by atoms with E-state index in [2.05, 4.69) is 0 Å². The smallest absolute Gasteiger partial charge is 0.294 e. The Kier molecular flexibility index (Phi) is 4.09. The molecule has 0 aliphatic heterocycles. The molecule has 0 saturated carbocycles. The van der Waals surface area contributed by atoms with Crippen molar-refractivity contribution < 1.29 is 26.7 Å². The molecular formula is C12H11F5O. The number of hydrogen-bond acceptors (Lipinski definition) is 1. The molecule has 0 radical (unpaired) electrons. The van der Waals surface area contributed by atoms with E-state index in [1.807, 2.05) is 0 Å². The molecule has 0 fully saturated rings. The molecule has 0 heterocycles. The predicted molar refractivity (Wildman–Crippen MR) is 55.8 cm³/mol. The number of Topliss-reactive ketones (excluding diaryl/α,β-unsaturated/α-hetero) is 1. The molecule has 0 bridgehead atoms. The Morgan fingerprint density at radius 3 is 2.17 bits per heavy atom. The molecule has 0 aromatic heterocycles. The van der Waals surface area contributed by atoms with E-state index in [1.54, 1.807) is 0 Å². The minimum absolute atomic E-state index is 0.0426. The van der Waals surface area contributed by atoms with Gasteiger partial charge >= 0.3 is 6.18 Å². The van der Waals surface area contributed by atoms with Gasteiger partial charge in [-0.15, -0.1) is 0 Å². The summed E-state index contributed by atoms with van der Waals surface area (Å²) in [5.74, 6) is -0.883. The van der Waals surface area contributed by atoms with Crippen LogP contribution in [0.15, 0.2) is 12.1 Å². The summed E-state index contributed by atoms with van der Waals surface area (Å²) in [4.78, 5) is 11.1. The summed E-state index contributed by atoms with van der Waals surface area (Å²) in [6, 6.07) is 1.28. The van der Waals surface area contributed by atoms with Crippen molar-refractivity contribution in [3.63, 3.8) is 0 Å². The van der Waals surface area contributed by atoms with E-state index in [0.717, 1.165) is 6.92 Å². The molecule has 100 valence electrons. The van der Waals surface area contributed by atoms with Gasteiger partial charge in [0.25, 0.3) is 6.43 Å². The summed E-state index contributed by atoms with van der Waals surface area (Å²) < 4.78 is 63.5. The van der Waals surface area contributed by atoms with Crippen molar-refractivity contribution in [2.45, 2.75) is 32.9 Å². The zero-order valence-electron chi connectivity index (χ0n) is 9.74. The van der Waals surface area contributed by atoms with E-state index >= 15 is 0 Å². The Balaban J connectivity index is 3.58. The van der Waals surface area contributed by atoms with Gasteiger partial charge in [-0.1, -0.05) is 6.92 Å². The third-order valence-electron chi connectivity index (χ3n) is 2.58. The van der Waals surface area contributed by atoms with Gasteiger partial charge < -0.3 is 0 Å². The maximum absolute atomic E-state index is 12.7. The van der Waals surface area contributed by atoms with Crippen LogP contribution in [0.5, 0.6) is 0 Å². The monoisotopic (exact) mass is 266 g/mol. The number of ketones is 1. The van der Waals surface area contributed by atoms with Gasteiger partial charge in [-0.3, -0.25) is 4.79 Å². The minimum atomic E-state index is -4.73. The highest BCUT2D eigenvalue weighted by molar-refractivity contribution is 5.96. The Labute approximate surface area is 101 Å². The van der Waals surface area contributed by atoms with E-state index < -0.39 is 35.1 Å². The lowest BCUT2D eigenvalue weighted by Gasteiger charge is -2.16. The van der Waals surface area contributed by atoms with Crippen molar-refractivity contribution >= 4 is 5.78 Å². The molecule has 0 saturated heterocycles. The number of carbonyl (C=O) groups excluding carboxylic acids is 1. The first kappa shape index (κ1) is 14.6. The van der Waals surface area contributed by atoms with Gasteiger partial charge in [-0.2, -0.15) is 13.2 Å². The molecule has 0 atom stereocenters. The van der Waals surface area contributed by atoms with Crippen LogP contribution < -0.4 is 0 Å². The summed E-state index contributed by atoms with van der Waals surface area (Å²) in [7, 11) is 0. The number of alkyl halides is 5. The van der Waals surface area contributed by atoms with Gasteiger partial charge in [-0.25, -0.2) is 8.78 Å². The second-order valence-corrected chi connectivity index (χ2v) is 3.80. The molecular weight excluding hydrogens is 255 g/mol. The summed E-state index contributed by atoms with van der Waals surface area (Å²) in [5, 5.41) is 0. The first-order valence-electron chi connectivity index (χ1n) is 5.21. The van der Waals surface area contributed by atoms with Crippen molar-refractivity contribution in [2.75, 3.05) is 0 Å². The van der Waals surface area contributed by atoms with Crippen LogP contribution >= 0.6 is 0 Å². The molecule has 1 nitrogen and oxygen atoms in total. The maximum Gasteiger partial charge on any atom is 0.417 e. The van der Waals surface area contributed by atoms with E-state index in [4.69, 9.17) is 0 Å². The number of benzene rings is 1. The summed E-state index contributed by atoms with van der Waals surface area (Å²) in [5.41, 5.74) is -2.48. The van der Waals surface area contributed by atoms with Gasteiger partial charge in [-0.05, 0) is 31.0 Å². The molecule has 0 unspecified atom stereocenters. The van der Waals surface area contributed by atoms with E-state index in [-0.39, 0.29) is 12.0 Å². The zero-order chi connectivity index (χ0) is 14.1. The van der Waals surface area contributed by atoms with Gasteiger partial charge in [0.1, 0.15) is 0 Å². The minimum Gasteiger partial charge on any atom is -0.294 e.